The first-order valence-corrected chi connectivity index (χ1v) is 11.6. The highest BCUT2D eigenvalue weighted by molar-refractivity contribution is 6.00. The zero-order valence-electron chi connectivity index (χ0n) is 20.4. The average Bonchev–Trinajstić information content (AvgIpc) is 3.52. The van der Waals surface area contributed by atoms with Crippen molar-refractivity contribution in [1.82, 2.24) is 14.8 Å². The molecule has 0 saturated carbocycles. The number of H-pyrrole nitrogens is 1. The second-order valence-corrected chi connectivity index (χ2v) is 10.3. The number of fused-ring (bicyclic) bond motifs is 2. The van der Waals surface area contributed by atoms with Crippen molar-refractivity contribution in [2.45, 2.75) is 50.4 Å². The zero-order chi connectivity index (χ0) is 26.0. The Bertz CT molecular complexity index is 1460. The third kappa shape index (κ3) is 3.71. The number of ether oxygens (including phenoxy) is 2. The monoisotopic (exact) mass is 503 g/mol. The highest BCUT2D eigenvalue weighted by Crippen LogP contribution is 2.48. The molecule has 0 spiro atoms. The minimum atomic E-state index is -1.73. The normalized spacial score (nSPS) is 20.9. The number of nitrogens with one attached hydrogen (secondary N) is 1. The predicted octanol–water partition coefficient (Wildman–Crippen LogP) is 4.42. The van der Waals surface area contributed by atoms with Crippen LogP contribution in [0.3, 0.4) is 0 Å². The summed E-state index contributed by atoms with van der Waals surface area (Å²) < 4.78 is 57.6. The van der Waals surface area contributed by atoms with Crippen molar-refractivity contribution in [2.24, 2.45) is 0 Å². The van der Waals surface area contributed by atoms with Crippen molar-refractivity contribution < 1.29 is 32.9 Å². The number of aromatic nitrogens is 3. The maximum Gasteiger partial charge on any atom is 0.181 e. The number of halogens is 3. The van der Waals surface area contributed by atoms with Crippen LogP contribution in [-0.4, -0.2) is 57.2 Å². The second kappa shape index (κ2) is 8.58. The number of nitrogens with zero attached hydrogens (tertiary/aromatic N) is 2. The van der Waals surface area contributed by atoms with Gasteiger partial charge in [-0.05, 0) is 37.1 Å². The van der Waals surface area contributed by atoms with E-state index in [2.05, 4.69) is 10.2 Å². The van der Waals surface area contributed by atoms with Gasteiger partial charge in [0.25, 0.3) is 0 Å². The van der Waals surface area contributed by atoms with Crippen LogP contribution in [0.5, 0.6) is 0 Å². The van der Waals surface area contributed by atoms with Crippen LogP contribution in [-0.2, 0) is 14.9 Å². The topological polar surface area (TPSA) is 92.5 Å². The molecule has 2 aromatic carbocycles. The van der Waals surface area contributed by atoms with Gasteiger partial charge >= 0.3 is 0 Å². The fourth-order valence-corrected chi connectivity index (χ4v) is 5.48. The minimum absolute atomic E-state index is 0.113. The van der Waals surface area contributed by atoms with Crippen LogP contribution < -0.4 is 0 Å². The van der Waals surface area contributed by atoms with E-state index < -0.39 is 40.7 Å². The molecule has 1 fully saturated rings. The summed E-state index contributed by atoms with van der Waals surface area (Å²) in [6, 6.07) is 5.31. The summed E-state index contributed by atoms with van der Waals surface area (Å²) in [5, 5.41) is 27.4. The molecule has 1 saturated heterocycles. The highest BCUT2D eigenvalue weighted by Gasteiger charge is 2.46. The summed E-state index contributed by atoms with van der Waals surface area (Å²) >= 11 is 0. The van der Waals surface area contributed by atoms with E-state index in [9.17, 15) is 19.0 Å². The second-order valence-electron chi connectivity index (χ2n) is 10.3. The van der Waals surface area contributed by atoms with Gasteiger partial charge in [0.05, 0.1) is 24.9 Å². The Kier molecular flexibility index (Phi) is 5.90. The first-order valence-electron chi connectivity index (χ1n) is 11.6. The highest BCUT2D eigenvalue weighted by atomic mass is 19.2. The van der Waals surface area contributed by atoms with Gasteiger partial charge in [0.2, 0.25) is 0 Å². The van der Waals surface area contributed by atoms with Gasteiger partial charge in [-0.25, -0.2) is 13.2 Å². The minimum Gasteiger partial charge on any atom is -0.384 e. The number of rotatable bonds is 6. The van der Waals surface area contributed by atoms with Crippen molar-refractivity contribution in [1.29, 1.82) is 0 Å². The Morgan fingerprint density at radius 3 is 2.64 bits per heavy atom. The summed E-state index contributed by atoms with van der Waals surface area (Å²) in [6.07, 6.45) is -0.0302. The van der Waals surface area contributed by atoms with Gasteiger partial charge in [-0.2, -0.15) is 5.10 Å². The molecule has 0 amide bonds. The lowest BCUT2D eigenvalue weighted by molar-refractivity contribution is -0.180. The van der Waals surface area contributed by atoms with Gasteiger partial charge in [0.1, 0.15) is 11.1 Å². The molecule has 3 heterocycles. The van der Waals surface area contributed by atoms with E-state index in [0.29, 0.717) is 27.8 Å². The quantitative estimate of drug-likeness (QED) is 0.339. The van der Waals surface area contributed by atoms with Gasteiger partial charge in [-0.3, -0.25) is 5.10 Å². The number of methoxy groups -OCH3 is 1. The Labute approximate surface area is 205 Å². The zero-order valence-corrected chi connectivity index (χ0v) is 20.4. The van der Waals surface area contributed by atoms with E-state index in [0.717, 1.165) is 12.1 Å². The van der Waals surface area contributed by atoms with Crippen LogP contribution in [0.1, 0.15) is 44.4 Å². The van der Waals surface area contributed by atoms with Crippen LogP contribution in [0, 0.1) is 17.5 Å². The van der Waals surface area contributed by atoms with E-state index in [1.807, 2.05) is 13.8 Å². The molecule has 0 aliphatic carbocycles. The average molecular weight is 504 g/mol. The SMILES string of the molecule is COCC(C)(C)c1c(C2COC(C)(C(O)O)C2)c2c(F)c3[nH]ncc3cc2n1-c1ccc(F)c(F)c1. The lowest BCUT2D eigenvalue weighted by atomic mass is 9.80. The van der Waals surface area contributed by atoms with Gasteiger partial charge < -0.3 is 24.3 Å². The van der Waals surface area contributed by atoms with Crippen molar-refractivity contribution in [3.8, 4) is 5.69 Å². The molecular weight excluding hydrogens is 475 g/mol. The maximum atomic E-state index is 16.2. The lowest BCUT2D eigenvalue weighted by Crippen LogP contribution is -2.38. The number of aromatic amines is 1. The first kappa shape index (κ1) is 24.8. The molecule has 2 aromatic heterocycles. The third-order valence-electron chi connectivity index (χ3n) is 7.17. The standard InChI is InChI=1S/C26H28F3N3O4/c1-25(2,12-35-4)23-19(14-9-26(3,24(33)34)36-11-14)20-18(7-13-10-30-31-22(13)21(20)29)32(23)15-5-6-16(27)17(28)8-15/h5-8,10,14,24,33-34H,9,11-12H2,1-4H3,(H,30,31). The largest absolute Gasteiger partial charge is 0.384 e. The predicted molar refractivity (Wildman–Crippen MR) is 128 cm³/mol. The molecule has 0 radical (unpaired) electrons. The fraction of sp³-hybridized carbons (Fsp3) is 0.423. The van der Waals surface area contributed by atoms with Crippen LogP contribution in [0.25, 0.3) is 27.5 Å². The van der Waals surface area contributed by atoms with Crippen molar-refractivity contribution >= 4 is 21.8 Å². The molecule has 10 heteroatoms. The maximum absolute atomic E-state index is 16.2. The summed E-state index contributed by atoms with van der Waals surface area (Å²) in [7, 11) is 1.55. The number of aliphatic hydroxyl groups is 2. The lowest BCUT2D eigenvalue weighted by Gasteiger charge is -2.30. The molecule has 2 atom stereocenters. The van der Waals surface area contributed by atoms with E-state index in [4.69, 9.17) is 9.47 Å². The van der Waals surface area contributed by atoms with Gasteiger partial charge in [0.15, 0.2) is 23.7 Å². The van der Waals surface area contributed by atoms with Crippen LogP contribution >= 0.6 is 0 Å². The van der Waals surface area contributed by atoms with E-state index in [1.165, 1.54) is 12.3 Å². The van der Waals surface area contributed by atoms with Gasteiger partial charge in [-0.15, -0.1) is 0 Å². The summed E-state index contributed by atoms with van der Waals surface area (Å²) in [6.45, 7) is 5.79. The smallest absolute Gasteiger partial charge is 0.181 e. The van der Waals surface area contributed by atoms with E-state index in [1.54, 1.807) is 24.7 Å². The number of hydrogen-bond acceptors (Lipinski definition) is 5. The van der Waals surface area contributed by atoms with Crippen LogP contribution in [0.15, 0.2) is 30.5 Å². The molecule has 1 aliphatic heterocycles. The molecule has 4 aromatic rings. The Hall–Kier alpha value is -2.92. The van der Waals surface area contributed by atoms with E-state index in [-0.39, 0.29) is 30.5 Å². The Balaban J connectivity index is 1.92. The van der Waals surface area contributed by atoms with Gasteiger partial charge in [0, 0.05) is 46.7 Å². The van der Waals surface area contributed by atoms with Crippen molar-refractivity contribution in [3.63, 3.8) is 0 Å². The summed E-state index contributed by atoms with van der Waals surface area (Å²) in [5.41, 5.74) is 0.230. The molecule has 5 rings (SSSR count). The molecule has 2 unspecified atom stereocenters. The number of benzene rings is 2. The molecule has 7 nitrogen and oxygen atoms in total. The van der Waals surface area contributed by atoms with E-state index >= 15 is 4.39 Å². The molecule has 192 valence electrons. The van der Waals surface area contributed by atoms with Crippen LogP contribution in [0.4, 0.5) is 13.2 Å². The molecule has 0 bridgehead atoms. The van der Waals surface area contributed by atoms with Gasteiger partial charge in [-0.1, -0.05) is 13.8 Å². The molecule has 1 aliphatic rings. The number of hydrogen-bond donors (Lipinski definition) is 3. The number of aliphatic hydroxyl groups excluding tert-OH is 1. The Morgan fingerprint density at radius 2 is 2.00 bits per heavy atom. The first-order chi connectivity index (χ1) is 17.0. The summed E-state index contributed by atoms with van der Waals surface area (Å²) in [5.74, 6) is -2.99. The van der Waals surface area contributed by atoms with Crippen molar-refractivity contribution in [2.75, 3.05) is 20.3 Å². The van der Waals surface area contributed by atoms with Crippen molar-refractivity contribution in [3.05, 3.63) is 59.2 Å². The summed E-state index contributed by atoms with van der Waals surface area (Å²) in [4.78, 5) is 0. The molecule has 36 heavy (non-hydrogen) atoms. The van der Waals surface area contributed by atoms with Crippen LogP contribution in [0.2, 0.25) is 0 Å². The Morgan fingerprint density at radius 1 is 1.25 bits per heavy atom. The molecule has 3 N–H and O–H groups in total. The fourth-order valence-electron chi connectivity index (χ4n) is 5.48. The third-order valence-corrected chi connectivity index (χ3v) is 7.17. The molecular formula is C26H28F3N3O4.